The Kier molecular flexibility index (Phi) is 7.83. The van der Waals surface area contributed by atoms with Gasteiger partial charge < -0.3 is 5.11 Å². The monoisotopic (exact) mass is 377 g/mol. The van der Waals surface area contributed by atoms with Gasteiger partial charge in [-0.15, -0.1) is 0 Å². The molecule has 2 rings (SSSR count). The molecule has 0 amide bonds. The van der Waals surface area contributed by atoms with Crippen LogP contribution in [0.1, 0.15) is 41.0 Å². The van der Waals surface area contributed by atoms with Crippen LogP contribution in [-0.4, -0.2) is 67.4 Å². The molecule has 0 aliphatic heterocycles. The number of aromatic carboxylic acids is 1. The second-order valence-electron chi connectivity index (χ2n) is 6.16. The topological polar surface area (TPSA) is 50.2 Å². The molecule has 130 valence electrons. The number of hydrogen-bond donors (Lipinski definition) is 1. The molecule has 0 aliphatic rings. The minimum absolute atomic E-state index is 0. The number of carbonyl (C=O) groups is 1. The summed E-state index contributed by atoms with van der Waals surface area (Å²) in [6.45, 7) is 5.48. The molecule has 0 saturated carbocycles. The van der Waals surface area contributed by atoms with Crippen molar-refractivity contribution in [2.24, 2.45) is 5.92 Å². The van der Waals surface area contributed by atoms with Gasteiger partial charge in [-0.2, -0.15) is 13.2 Å². The van der Waals surface area contributed by atoms with Gasteiger partial charge in [0, 0.05) is 5.56 Å². The Morgan fingerprint density at radius 1 is 1.24 bits per heavy atom. The van der Waals surface area contributed by atoms with Crippen molar-refractivity contribution in [1.82, 2.24) is 4.98 Å². The number of nitrogens with zero attached hydrogens (tertiary/aromatic N) is 1. The molecule has 25 heavy (non-hydrogen) atoms. The first-order valence-corrected chi connectivity index (χ1v) is 7.51. The van der Waals surface area contributed by atoms with E-state index in [0.29, 0.717) is 5.56 Å². The van der Waals surface area contributed by atoms with E-state index in [1.165, 1.54) is 6.07 Å². The maximum atomic E-state index is 13.4. The van der Waals surface area contributed by atoms with Crippen molar-refractivity contribution in [1.29, 1.82) is 0 Å². The number of carboxylic acid groups (broad SMARTS) is 1. The molecule has 0 fully saturated rings. The third-order valence-corrected chi connectivity index (χ3v) is 3.53. The molecule has 0 saturated heterocycles. The number of benzene rings is 1. The predicted molar refractivity (Wildman–Crippen MR) is 92.1 cm³/mol. The van der Waals surface area contributed by atoms with Crippen molar-refractivity contribution in [3.8, 4) is 11.3 Å². The number of alkyl halides is 3. The van der Waals surface area contributed by atoms with Gasteiger partial charge in [0.25, 0.3) is 0 Å². The summed E-state index contributed by atoms with van der Waals surface area (Å²) >= 11 is 0. The fraction of sp³-hybridized carbons (Fsp3) is 0.333. The third-order valence-electron chi connectivity index (χ3n) is 3.53. The van der Waals surface area contributed by atoms with Crippen LogP contribution in [0.5, 0.6) is 0 Å². The molecule has 0 aliphatic carbocycles. The summed E-state index contributed by atoms with van der Waals surface area (Å²) in [5.41, 5.74) is -0.404. The number of pyridine rings is 1. The molecular formula is C18H19F3KNO2. The van der Waals surface area contributed by atoms with Gasteiger partial charge in [-0.1, -0.05) is 37.6 Å². The number of aryl methyl sites for hydroxylation is 1. The van der Waals surface area contributed by atoms with Crippen molar-refractivity contribution in [3.05, 3.63) is 52.7 Å². The Balaban J connectivity index is 0.00000312. The van der Waals surface area contributed by atoms with Gasteiger partial charge in [0.05, 0.1) is 11.3 Å². The molecule has 1 heterocycles. The standard InChI is InChI=1S/C18H18F3NO2.K.H/c1-10(2)7-13-9-14(12-6-4-5-11(3)8-12)22-16(18(19,20)21)15(13)17(23)24;;/h4-6,8-10H,7H2,1-3H3,(H,23,24);;. The van der Waals surface area contributed by atoms with Gasteiger partial charge in [0.1, 0.15) is 0 Å². The van der Waals surface area contributed by atoms with E-state index in [-0.39, 0.29) is 75.0 Å². The van der Waals surface area contributed by atoms with Gasteiger partial charge in [-0.05, 0) is 37.0 Å². The van der Waals surface area contributed by atoms with Crippen LogP contribution >= 0.6 is 0 Å². The summed E-state index contributed by atoms with van der Waals surface area (Å²) in [4.78, 5) is 15.1. The normalized spacial score (nSPS) is 11.3. The quantitative estimate of drug-likeness (QED) is 0.807. The van der Waals surface area contributed by atoms with Crippen molar-refractivity contribution in [3.63, 3.8) is 0 Å². The first-order valence-electron chi connectivity index (χ1n) is 7.51. The molecule has 7 heteroatoms. The summed E-state index contributed by atoms with van der Waals surface area (Å²) < 4.78 is 40.1. The predicted octanol–water partition coefficient (Wildman–Crippen LogP) is 4.32. The van der Waals surface area contributed by atoms with E-state index in [1.807, 2.05) is 26.8 Å². The Labute approximate surface area is 187 Å². The Morgan fingerprint density at radius 3 is 2.36 bits per heavy atom. The van der Waals surface area contributed by atoms with E-state index in [9.17, 15) is 23.1 Å². The summed E-state index contributed by atoms with van der Waals surface area (Å²) in [5.74, 6) is -1.60. The van der Waals surface area contributed by atoms with E-state index in [4.69, 9.17) is 0 Å². The summed E-state index contributed by atoms with van der Waals surface area (Å²) in [7, 11) is 0. The zero-order valence-electron chi connectivity index (χ0n) is 13.6. The number of rotatable bonds is 4. The van der Waals surface area contributed by atoms with Crippen molar-refractivity contribution in [2.45, 2.75) is 33.4 Å². The average Bonchev–Trinajstić information content (AvgIpc) is 2.44. The molecule has 0 atom stereocenters. The number of halogens is 3. The summed E-state index contributed by atoms with van der Waals surface area (Å²) in [5, 5.41) is 9.29. The van der Waals surface area contributed by atoms with E-state index in [1.54, 1.807) is 18.2 Å². The van der Waals surface area contributed by atoms with Crippen LogP contribution in [-0.2, 0) is 12.6 Å². The molecule has 0 unspecified atom stereocenters. The number of hydrogen-bond acceptors (Lipinski definition) is 2. The number of aromatic nitrogens is 1. The molecule has 3 nitrogen and oxygen atoms in total. The van der Waals surface area contributed by atoms with Crippen LogP contribution in [0.4, 0.5) is 13.2 Å². The zero-order chi connectivity index (χ0) is 18.1. The molecule has 1 aromatic heterocycles. The van der Waals surface area contributed by atoms with Gasteiger partial charge in [-0.25, -0.2) is 9.78 Å². The van der Waals surface area contributed by atoms with Crippen LogP contribution in [0.15, 0.2) is 30.3 Å². The van der Waals surface area contributed by atoms with E-state index in [2.05, 4.69) is 4.98 Å². The van der Waals surface area contributed by atoms with Crippen LogP contribution in [0.2, 0.25) is 0 Å². The first-order chi connectivity index (χ1) is 11.1. The van der Waals surface area contributed by atoms with Gasteiger partial charge in [0.2, 0.25) is 0 Å². The average molecular weight is 377 g/mol. The number of carboxylic acids is 1. The SMILES string of the molecule is Cc1cccc(-c2cc(CC(C)C)c(C(=O)O)c(C(F)(F)F)n2)c1.[KH]. The van der Waals surface area contributed by atoms with Crippen LogP contribution in [0.3, 0.4) is 0 Å². The van der Waals surface area contributed by atoms with Crippen molar-refractivity contribution in [2.75, 3.05) is 0 Å². The fourth-order valence-corrected chi connectivity index (χ4v) is 2.59. The Bertz CT molecular complexity index is 773. The van der Waals surface area contributed by atoms with Gasteiger partial charge >= 0.3 is 63.5 Å². The molecular weight excluding hydrogens is 358 g/mol. The van der Waals surface area contributed by atoms with Crippen molar-refractivity contribution < 1.29 is 23.1 Å². The third kappa shape index (κ3) is 5.62. The molecule has 0 radical (unpaired) electrons. The summed E-state index contributed by atoms with van der Waals surface area (Å²) in [6, 6.07) is 8.40. The molecule has 2 aromatic rings. The van der Waals surface area contributed by atoms with Crippen molar-refractivity contribution >= 4 is 57.4 Å². The Morgan fingerprint density at radius 2 is 1.88 bits per heavy atom. The maximum absolute atomic E-state index is 13.4. The zero-order valence-corrected chi connectivity index (χ0v) is 13.6. The van der Waals surface area contributed by atoms with E-state index >= 15 is 0 Å². The van der Waals surface area contributed by atoms with Gasteiger partial charge in [-0.3, -0.25) is 0 Å². The Hall–Kier alpha value is -0.734. The van der Waals surface area contributed by atoms with Crippen LogP contribution in [0, 0.1) is 12.8 Å². The van der Waals surface area contributed by atoms with Crippen LogP contribution < -0.4 is 0 Å². The molecule has 1 aromatic carbocycles. The molecule has 0 bridgehead atoms. The van der Waals surface area contributed by atoms with E-state index in [0.717, 1.165) is 5.56 Å². The second kappa shape index (κ2) is 8.77. The van der Waals surface area contributed by atoms with Crippen LogP contribution in [0.25, 0.3) is 11.3 Å². The second-order valence-corrected chi connectivity index (χ2v) is 6.16. The first kappa shape index (κ1) is 22.3. The fourth-order valence-electron chi connectivity index (χ4n) is 2.59. The molecule has 0 spiro atoms. The molecule has 1 N–H and O–H groups in total. The van der Waals surface area contributed by atoms with E-state index < -0.39 is 23.4 Å². The van der Waals surface area contributed by atoms with Gasteiger partial charge in [0.15, 0.2) is 5.69 Å². The summed E-state index contributed by atoms with van der Waals surface area (Å²) in [6.07, 6.45) is -4.61. The minimum atomic E-state index is -4.83.